The predicted molar refractivity (Wildman–Crippen MR) is 125 cm³/mol. The molecule has 0 bridgehead atoms. The molecule has 13 nitrogen and oxygen atoms in total. The van der Waals surface area contributed by atoms with Crippen molar-refractivity contribution in [2.45, 2.75) is 64.1 Å². The van der Waals surface area contributed by atoms with Crippen LogP contribution in [-0.2, 0) is 51.3 Å². The second kappa shape index (κ2) is 14.3. The first-order valence-corrected chi connectivity index (χ1v) is 11.4. The number of hydrogen-bond acceptors (Lipinski definition) is 12. The maximum Gasteiger partial charge on any atom is 0.338 e. The van der Waals surface area contributed by atoms with Crippen molar-refractivity contribution >= 4 is 23.8 Å². The molecule has 0 unspecified atom stereocenters. The van der Waals surface area contributed by atoms with Crippen LogP contribution in [0.2, 0.25) is 0 Å². The summed E-state index contributed by atoms with van der Waals surface area (Å²) in [5.41, 5.74) is 6.32. The van der Waals surface area contributed by atoms with Crippen molar-refractivity contribution in [3.8, 4) is 5.75 Å². The van der Waals surface area contributed by atoms with Crippen molar-refractivity contribution < 1.29 is 53.1 Å². The molecule has 0 spiro atoms. The lowest BCUT2D eigenvalue weighted by Crippen LogP contribution is -2.63. The van der Waals surface area contributed by atoms with E-state index in [0.717, 1.165) is 13.8 Å². The fourth-order valence-corrected chi connectivity index (χ4v) is 3.50. The Morgan fingerprint density at radius 1 is 1.16 bits per heavy atom. The first kappa shape index (κ1) is 29.7. The molecule has 204 valence electrons. The van der Waals surface area contributed by atoms with Crippen molar-refractivity contribution in [1.82, 2.24) is 5.32 Å². The van der Waals surface area contributed by atoms with Crippen LogP contribution in [0.5, 0.6) is 5.75 Å². The van der Waals surface area contributed by atoms with E-state index in [0.29, 0.717) is 11.1 Å². The molecule has 13 heteroatoms. The molecule has 5 atom stereocenters. The Kier molecular flexibility index (Phi) is 11.5. The van der Waals surface area contributed by atoms with E-state index in [2.05, 4.69) is 11.9 Å². The molecule has 1 saturated heterocycles. The summed E-state index contributed by atoms with van der Waals surface area (Å²) in [6.45, 7) is 5.26. The number of nitrogens with one attached hydrogen (secondary N) is 1. The summed E-state index contributed by atoms with van der Waals surface area (Å²) in [5.74, 6) is -2.81. The summed E-state index contributed by atoms with van der Waals surface area (Å²) < 4.78 is 27.0. The van der Waals surface area contributed by atoms with Gasteiger partial charge in [-0.15, -0.1) is 0 Å². The Bertz CT molecular complexity index is 983. The quantitative estimate of drug-likeness (QED) is 0.151. The molecule has 1 aliphatic heterocycles. The number of amides is 1. The van der Waals surface area contributed by atoms with Crippen molar-refractivity contribution in [3.63, 3.8) is 0 Å². The van der Waals surface area contributed by atoms with Gasteiger partial charge in [-0.05, 0) is 17.7 Å². The molecule has 1 fully saturated rings. The minimum absolute atomic E-state index is 0.0201. The van der Waals surface area contributed by atoms with Crippen LogP contribution in [0, 0.1) is 0 Å². The van der Waals surface area contributed by atoms with Crippen molar-refractivity contribution in [1.29, 1.82) is 0 Å². The number of carbonyl (C=O) groups excluding carboxylic acids is 4. The van der Waals surface area contributed by atoms with Gasteiger partial charge >= 0.3 is 17.9 Å². The Balaban J connectivity index is 2.44. The Labute approximate surface area is 213 Å². The summed E-state index contributed by atoms with van der Waals surface area (Å²) in [6, 6.07) is 4.58. The van der Waals surface area contributed by atoms with Gasteiger partial charge in [0.1, 0.15) is 18.5 Å². The van der Waals surface area contributed by atoms with Gasteiger partial charge in [0, 0.05) is 38.9 Å². The third-order valence-corrected chi connectivity index (χ3v) is 5.10. The van der Waals surface area contributed by atoms with E-state index in [1.165, 1.54) is 12.1 Å². The fourth-order valence-electron chi connectivity index (χ4n) is 3.50. The number of nitrogens with two attached hydrogens (primary N) is 1. The topological polar surface area (TPSA) is 193 Å². The molecule has 1 aromatic rings. The zero-order chi connectivity index (χ0) is 27.5. The highest BCUT2D eigenvalue weighted by molar-refractivity contribution is 5.76. The highest BCUT2D eigenvalue weighted by Gasteiger charge is 2.53. The van der Waals surface area contributed by atoms with Gasteiger partial charge in [0.05, 0.1) is 6.61 Å². The lowest BCUT2D eigenvalue weighted by atomic mass is 9.98. The van der Waals surface area contributed by atoms with E-state index in [4.69, 9.17) is 29.4 Å². The number of ether oxygens (including phenoxy) is 5. The average molecular weight is 525 g/mol. The largest absolute Gasteiger partial charge is 0.460 e. The SMILES string of the molecule is C=CCOC(=O)[C@H]1O[C@@H](Oc2ccc(CO)cc2CNC(=O)CCN)[C@H](OC(C)=O)[C@@H](OC(C)=O)[C@@H]1O. The molecule has 0 aliphatic carbocycles. The number of aliphatic hydroxyl groups is 2. The maximum absolute atomic E-state index is 12.6. The number of aliphatic hydroxyl groups excluding tert-OH is 2. The van der Waals surface area contributed by atoms with Crippen LogP contribution >= 0.6 is 0 Å². The summed E-state index contributed by atoms with van der Waals surface area (Å²) in [7, 11) is 0. The molecular formula is C24H32N2O11. The zero-order valence-electron chi connectivity index (χ0n) is 20.6. The van der Waals surface area contributed by atoms with Gasteiger partial charge in [-0.2, -0.15) is 0 Å². The molecule has 5 N–H and O–H groups in total. The average Bonchev–Trinajstić information content (AvgIpc) is 2.85. The molecule has 2 rings (SSSR count). The Hall–Kier alpha value is -3.52. The summed E-state index contributed by atoms with van der Waals surface area (Å²) in [4.78, 5) is 48.1. The minimum Gasteiger partial charge on any atom is -0.460 e. The lowest BCUT2D eigenvalue weighted by molar-refractivity contribution is -0.280. The highest BCUT2D eigenvalue weighted by Crippen LogP contribution is 2.31. The third kappa shape index (κ3) is 8.53. The number of rotatable bonds is 12. The molecule has 0 aromatic heterocycles. The summed E-state index contributed by atoms with van der Waals surface area (Å²) >= 11 is 0. The zero-order valence-corrected chi connectivity index (χ0v) is 20.6. The van der Waals surface area contributed by atoms with Gasteiger partial charge in [-0.25, -0.2) is 4.79 Å². The summed E-state index contributed by atoms with van der Waals surface area (Å²) in [6.07, 6.45) is -6.64. The molecular weight excluding hydrogens is 492 g/mol. The Morgan fingerprint density at radius 3 is 2.43 bits per heavy atom. The number of hydrogen-bond donors (Lipinski definition) is 4. The second-order valence-electron chi connectivity index (χ2n) is 8.02. The van der Waals surface area contributed by atoms with E-state index in [1.807, 2.05) is 0 Å². The molecule has 37 heavy (non-hydrogen) atoms. The van der Waals surface area contributed by atoms with Crippen molar-refractivity contribution in [2.24, 2.45) is 5.73 Å². The van der Waals surface area contributed by atoms with E-state index >= 15 is 0 Å². The first-order chi connectivity index (χ1) is 17.6. The number of esters is 3. The van der Waals surface area contributed by atoms with Gasteiger partial charge in [-0.1, -0.05) is 18.7 Å². The number of carbonyl (C=O) groups is 4. The van der Waals surface area contributed by atoms with Gasteiger partial charge in [0.2, 0.25) is 18.3 Å². The minimum atomic E-state index is -1.77. The van der Waals surface area contributed by atoms with E-state index in [1.54, 1.807) is 12.1 Å². The van der Waals surface area contributed by atoms with Gasteiger partial charge in [0.25, 0.3) is 0 Å². The molecule has 1 amide bonds. The van der Waals surface area contributed by atoms with Crippen molar-refractivity contribution in [2.75, 3.05) is 13.2 Å². The standard InChI is InChI=1S/C24H32N2O11/c1-4-9-33-23(32)21-19(31)20(34-13(2)28)22(35-14(3)29)24(37-21)36-17-6-5-15(12-27)10-16(17)11-26-18(30)7-8-25/h4-6,10,19-22,24,27,31H,1,7-9,11-12,25H2,2-3H3,(H,26,30)/t19-,20-,21-,22+,24+/m0/s1. The highest BCUT2D eigenvalue weighted by atomic mass is 16.7. The van der Waals surface area contributed by atoms with Crippen LogP contribution in [0.3, 0.4) is 0 Å². The molecule has 1 aromatic carbocycles. The summed E-state index contributed by atoms with van der Waals surface area (Å²) in [5, 5.41) is 23.0. The maximum atomic E-state index is 12.6. The van der Waals surface area contributed by atoms with Crippen molar-refractivity contribution in [3.05, 3.63) is 42.0 Å². The van der Waals surface area contributed by atoms with Crippen LogP contribution < -0.4 is 15.8 Å². The predicted octanol–water partition coefficient (Wildman–Crippen LogP) is -0.799. The normalized spacial score (nSPS) is 22.9. The van der Waals surface area contributed by atoms with E-state index in [9.17, 15) is 29.4 Å². The lowest BCUT2D eigenvalue weighted by Gasteiger charge is -2.42. The molecule has 0 saturated carbocycles. The third-order valence-electron chi connectivity index (χ3n) is 5.10. The van der Waals surface area contributed by atoms with E-state index < -0.39 is 48.6 Å². The smallest absolute Gasteiger partial charge is 0.338 e. The molecule has 1 aliphatic rings. The number of benzene rings is 1. The van der Waals surface area contributed by atoms with Crippen LogP contribution in [0.4, 0.5) is 0 Å². The van der Waals surface area contributed by atoms with Crippen LogP contribution in [0.15, 0.2) is 30.9 Å². The second-order valence-corrected chi connectivity index (χ2v) is 8.02. The van der Waals surface area contributed by atoms with Gasteiger partial charge < -0.3 is 44.9 Å². The Morgan fingerprint density at radius 2 is 1.84 bits per heavy atom. The van der Waals surface area contributed by atoms with Crippen LogP contribution in [0.1, 0.15) is 31.4 Å². The van der Waals surface area contributed by atoms with Gasteiger partial charge in [0.15, 0.2) is 12.2 Å². The molecule has 0 radical (unpaired) electrons. The first-order valence-electron chi connectivity index (χ1n) is 11.4. The molecule has 1 heterocycles. The van der Waals surface area contributed by atoms with E-state index in [-0.39, 0.29) is 44.4 Å². The van der Waals surface area contributed by atoms with Crippen LogP contribution in [-0.4, -0.2) is 77.9 Å². The monoisotopic (exact) mass is 524 g/mol. The van der Waals surface area contributed by atoms with Crippen LogP contribution in [0.25, 0.3) is 0 Å². The fraction of sp³-hybridized carbons (Fsp3) is 0.500. The van der Waals surface area contributed by atoms with Gasteiger partial charge in [-0.3, -0.25) is 14.4 Å².